The number of hydrogen-bond donors (Lipinski definition) is 1. The fraction of sp³-hybridized carbons (Fsp3) is 0.500. The summed E-state index contributed by atoms with van der Waals surface area (Å²) in [5, 5.41) is 12.2. The van der Waals surface area contributed by atoms with E-state index in [1.54, 1.807) is 12.3 Å². The lowest BCUT2D eigenvalue weighted by Crippen LogP contribution is -2.49. The van der Waals surface area contributed by atoms with E-state index in [-0.39, 0.29) is 5.92 Å². The van der Waals surface area contributed by atoms with Crippen LogP contribution in [0.3, 0.4) is 0 Å². The summed E-state index contributed by atoms with van der Waals surface area (Å²) >= 11 is 0. The zero-order valence-corrected chi connectivity index (χ0v) is 7.01. The molecule has 5 heteroatoms. The molecular weight excluding hydrogens is 172 g/mol. The summed E-state index contributed by atoms with van der Waals surface area (Å²) in [6.07, 6.45) is 1.59. The molecule has 0 saturated carbocycles. The molecule has 0 aromatic carbocycles. The van der Waals surface area contributed by atoms with Gasteiger partial charge in [0, 0.05) is 19.2 Å². The van der Waals surface area contributed by atoms with Crippen LogP contribution >= 0.6 is 0 Å². The van der Waals surface area contributed by atoms with Crippen LogP contribution in [0.2, 0.25) is 0 Å². The molecule has 2 heterocycles. The number of nitrogens with zero attached hydrogens (tertiary/aromatic N) is 2. The maximum absolute atomic E-state index is 10.5. The lowest BCUT2D eigenvalue weighted by molar-refractivity contribution is -0.147. The van der Waals surface area contributed by atoms with Crippen LogP contribution in [-0.2, 0) is 11.3 Å². The second kappa shape index (κ2) is 3.18. The summed E-state index contributed by atoms with van der Waals surface area (Å²) in [6, 6.07) is 1.79. The molecule has 5 nitrogen and oxygen atoms in total. The summed E-state index contributed by atoms with van der Waals surface area (Å²) in [6.45, 7) is 1.87. The van der Waals surface area contributed by atoms with Gasteiger partial charge in [-0.1, -0.05) is 5.16 Å². The summed E-state index contributed by atoms with van der Waals surface area (Å²) in [4.78, 5) is 12.5. The first-order valence-corrected chi connectivity index (χ1v) is 4.10. The first-order chi connectivity index (χ1) is 6.25. The van der Waals surface area contributed by atoms with Gasteiger partial charge >= 0.3 is 5.97 Å². The molecule has 1 aliphatic rings. The minimum absolute atomic E-state index is 0.206. The molecule has 0 bridgehead atoms. The highest BCUT2D eigenvalue weighted by Gasteiger charge is 2.32. The average Bonchev–Trinajstić information content (AvgIpc) is 2.46. The van der Waals surface area contributed by atoms with Crippen molar-refractivity contribution >= 4 is 5.97 Å². The van der Waals surface area contributed by atoms with Crippen LogP contribution in [0.5, 0.6) is 0 Å². The van der Waals surface area contributed by atoms with Gasteiger partial charge in [-0.05, 0) is 0 Å². The highest BCUT2D eigenvalue weighted by molar-refractivity contribution is 5.71. The largest absolute Gasteiger partial charge is 0.481 e. The molecule has 0 spiro atoms. The van der Waals surface area contributed by atoms with E-state index in [4.69, 9.17) is 9.63 Å². The number of aromatic nitrogens is 1. The molecule has 0 radical (unpaired) electrons. The molecule has 2 rings (SSSR count). The first kappa shape index (κ1) is 8.25. The number of aliphatic carboxylic acids is 1. The molecule has 1 aliphatic heterocycles. The zero-order valence-electron chi connectivity index (χ0n) is 7.01. The first-order valence-electron chi connectivity index (χ1n) is 4.10. The molecule has 1 fully saturated rings. The number of carbonyl (C=O) groups is 1. The van der Waals surface area contributed by atoms with Crippen molar-refractivity contribution in [2.45, 2.75) is 6.54 Å². The van der Waals surface area contributed by atoms with Crippen LogP contribution in [0, 0.1) is 5.92 Å². The van der Waals surface area contributed by atoms with Crippen LogP contribution in [0.15, 0.2) is 16.8 Å². The number of carboxylic acid groups (broad SMARTS) is 1. The van der Waals surface area contributed by atoms with Gasteiger partial charge in [0.2, 0.25) is 0 Å². The molecule has 1 N–H and O–H groups in total. The predicted octanol–water partition coefficient (Wildman–Crippen LogP) is 0.191. The van der Waals surface area contributed by atoms with Crippen molar-refractivity contribution in [1.29, 1.82) is 0 Å². The molecule has 1 saturated heterocycles. The Kier molecular flexibility index (Phi) is 2.02. The van der Waals surface area contributed by atoms with E-state index in [0.717, 1.165) is 5.76 Å². The molecule has 0 amide bonds. The minimum atomic E-state index is -0.714. The standard InChI is InChI=1S/C8H10N2O3/c11-8(12)6-3-10(4-6)5-7-1-2-9-13-7/h1-2,6H,3-5H2,(H,11,12). The van der Waals surface area contributed by atoms with E-state index in [1.165, 1.54) is 0 Å². The van der Waals surface area contributed by atoms with Crippen LogP contribution in [0.4, 0.5) is 0 Å². The predicted molar refractivity (Wildman–Crippen MR) is 42.9 cm³/mol. The van der Waals surface area contributed by atoms with Crippen LogP contribution in [0.25, 0.3) is 0 Å². The molecule has 0 atom stereocenters. The lowest BCUT2D eigenvalue weighted by atomic mass is 10.0. The number of carboxylic acids is 1. The van der Waals surface area contributed by atoms with Gasteiger partial charge in [0.1, 0.15) is 0 Å². The van der Waals surface area contributed by atoms with Crippen molar-refractivity contribution in [2.75, 3.05) is 13.1 Å². The summed E-state index contributed by atoms with van der Waals surface area (Å²) < 4.78 is 4.90. The molecule has 0 aliphatic carbocycles. The van der Waals surface area contributed by atoms with Crippen molar-refractivity contribution in [1.82, 2.24) is 10.1 Å². The second-order valence-electron chi connectivity index (χ2n) is 3.21. The van der Waals surface area contributed by atoms with Gasteiger partial charge in [-0.3, -0.25) is 9.69 Å². The van der Waals surface area contributed by atoms with Gasteiger partial charge in [0.25, 0.3) is 0 Å². The highest BCUT2D eigenvalue weighted by Crippen LogP contribution is 2.18. The average molecular weight is 182 g/mol. The molecule has 1 aromatic heterocycles. The van der Waals surface area contributed by atoms with Crippen LogP contribution in [0.1, 0.15) is 5.76 Å². The summed E-state index contributed by atoms with van der Waals surface area (Å²) in [5.41, 5.74) is 0. The van der Waals surface area contributed by atoms with Gasteiger partial charge in [-0.25, -0.2) is 0 Å². The SMILES string of the molecule is O=C(O)C1CN(Cc2ccno2)C1. The minimum Gasteiger partial charge on any atom is -0.481 e. The monoisotopic (exact) mass is 182 g/mol. The van der Waals surface area contributed by atoms with E-state index in [0.29, 0.717) is 19.6 Å². The Balaban J connectivity index is 1.79. The normalized spacial score (nSPS) is 18.5. The van der Waals surface area contributed by atoms with Gasteiger partial charge in [0.15, 0.2) is 5.76 Å². The zero-order chi connectivity index (χ0) is 9.26. The van der Waals surface area contributed by atoms with Gasteiger partial charge < -0.3 is 9.63 Å². The molecule has 0 unspecified atom stereocenters. The van der Waals surface area contributed by atoms with Crippen molar-refractivity contribution in [3.05, 3.63) is 18.0 Å². The van der Waals surface area contributed by atoms with E-state index < -0.39 is 5.97 Å². The fourth-order valence-corrected chi connectivity index (χ4v) is 1.40. The molecule has 1 aromatic rings. The maximum atomic E-state index is 10.5. The Bertz CT molecular complexity index is 290. The third-order valence-electron chi connectivity index (χ3n) is 2.18. The summed E-state index contributed by atoms with van der Waals surface area (Å²) in [5.74, 6) is -0.138. The Labute approximate surface area is 74.9 Å². The lowest BCUT2D eigenvalue weighted by Gasteiger charge is -2.35. The van der Waals surface area contributed by atoms with Gasteiger partial charge in [-0.15, -0.1) is 0 Å². The van der Waals surface area contributed by atoms with Gasteiger partial charge in [-0.2, -0.15) is 0 Å². The number of likely N-dealkylation sites (tertiary alicyclic amines) is 1. The van der Waals surface area contributed by atoms with Crippen molar-refractivity contribution < 1.29 is 14.4 Å². The second-order valence-corrected chi connectivity index (χ2v) is 3.21. The molecule has 13 heavy (non-hydrogen) atoms. The van der Waals surface area contributed by atoms with E-state index in [9.17, 15) is 4.79 Å². The summed E-state index contributed by atoms with van der Waals surface area (Å²) in [7, 11) is 0. The molecule has 70 valence electrons. The smallest absolute Gasteiger partial charge is 0.309 e. The van der Waals surface area contributed by atoms with E-state index in [2.05, 4.69) is 5.16 Å². The van der Waals surface area contributed by atoms with E-state index in [1.807, 2.05) is 4.90 Å². The number of rotatable bonds is 3. The number of hydrogen-bond acceptors (Lipinski definition) is 4. The Morgan fingerprint density at radius 3 is 3.08 bits per heavy atom. The van der Waals surface area contributed by atoms with Crippen molar-refractivity contribution in [3.63, 3.8) is 0 Å². The topological polar surface area (TPSA) is 66.6 Å². The Morgan fingerprint density at radius 2 is 2.54 bits per heavy atom. The van der Waals surface area contributed by atoms with E-state index >= 15 is 0 Å². The Morgan fingerprint density at radius 1 is 1.77 bits per heavy atom. The van der Waals surface area contributed by atoms with Crippen molar-refractivity contribution in [3.8, 4) is 0 Å². The van der Waals surface area contributed by atoms with Crippen LogP contribution in [-0.4, -0.2) is 34.2 Å². The highest BCUT2D eigenvalue weighted by atomic mass is 16.5. The fourth-order valence-electron chi connectivity index (χ4n) is 1.40. The van der Waals surface area contributed by atoms with Gasteiger partial charge in [0.05, 0.1) is 18.7 Å². The van der Waals surface area contributed by atoms with Crippen molar-refractivity contribution in [2.24, 2.45) is 5.92 Å². The Hall–Kier alpha value is -1.36. The third-order valence-corrected chi connectivity index (χ3v) is 2.18. The molecular formula is C8H10N2O3. The quantitative estimate of drug-likeness (QED) is 0.722. The maximum Gasteiger partial charge on any atom is 0.309 e. The van der Waals surface area contributed by atoms with Crippen LogP contribution < -0.4 is 0 Å². The third kappa shape index (κ3) is 1.70.